The van der Waals surface area contributed by atoms with E-state index < -0.39 is 29.7 Å². The van der Waals surface area contributed by atoms with E-state index in [9.17, 15) is 14.7 Å². The molecule has 6 nitrogen and oxygen atoms in total. The predicted molar refractivity (Wildman–Crippen MR) is 75.5 cm³/mol. The smallest absolute Gasteiger partial charge is 0.546 e. The minimum Gasteiger partial charge on any atom is -0.546 e. The Labute approximate surface area is 152 Å². The summed E-state index contributed by atoms with van der Waals surface area (Å²) in [5, 5.41) is 11.5. The molecule has 0 spiro atoms. The van der Waals surface area contributed by atoms with Crippen LogP contribution in [0.4, 0.5) is 0 Å². The van der Waals surface area contributed by atoms with Crippen LogP contribution in [-0.4, -0.2) is 42.0 Å². The van der Waals surface area contributed by atoms with Gasteiger partial charge < -0.3 is 24.1 Å². The van der Waals surface area contributed by atoms with E-state index in [4.69, 9.17) is 14.2 Å². The summed E-state index contributed by atoms with van der Waals surface area (Å²) in [5.41, 5.74) is -2.07. The van der Waals surface area contributed by atoms with Gasteiger partial charge in [-0.05, 0) is 48.0 Å². The molecule has 0 saturated carbocycles. The number of carboxylic acid groups (broad SMARTS) is 1. The van der Waals surface area contributed by atoms with E-state index in [2.05, 4.69) is 0 Å². The van der Waals surface area contributed by atoms with Crippen molar-refractivity contribution in [3.05, 3.63) is 0 Å². The Morgan fingerprint density at radius 1 is 0.955 bits per heavy atom. The van der Waals surface area contributed by atoms with Crippen LogP contribution in [0.2, 0.25) is 0 Å². The number of rotatable bonds is 10. The molecule has 7 heteroatoms. The van der Waals surface area contributed by atoms with E-state index in [1.165, 1.54) is 0 Å². The van der Waals surface area contributed by atoms with Crippen LogP contribution in [0, 0.1) is 0 Å². The Hall–Kier alpha value is -0.0969. The largest absolute Gasteiger partial charge is 1.00 e. The van der Waals surface area contributed by atoms with Gasteiger partial charge in [0.1, 0.15) is 0 Å². The Morgan fingerprint density at radius 2 is 1.36 bits per heavy atom. The van der Waals surface area contributed by atoms with Crippen molar-refractivity contribution in [2.45, 2.75) is 85.1 Å². The van der Waals surface area contributed by atoms with Crippen LogP contribution in [0.5, 0.6) is 0 Å². The Morgan fingerprint density at radius 3 is 1.59 bits per heavy atom. The molecule has 0 amide bonds. The summed E-state index contributed by atoms with van der Waals surface area (Å²) in [6.45, 7) is 11.8. The molecule has 0 aromatic carbocycles. The van der Waals surface area contributed by atoms with Gasteiger partial charge in [-0.1, -0.05) is 6.92 Å². The van der Waals surface area contributed by atoms with Crippen molar-refractivity contribution in [1.82, 2.24) is 0 Å². The second-order valence-electron chi connectivity index (χ2n) is 5.70. The van der Waals surface area contributed by atoms with Gasteiger partial charge in [-0.25, -0.2) is 0 Å². The van der Waals surface area contributed by atoms with Gasteiger partial charge in [-0.2, -0.15) is 0 Å². The molecule has 0 N–H and O–H groups in total. The van der Waals surface area contributed by atoms with Crippen molar-refractivity contribution in [1.29, 1.82) is 0 Å². The fraction of sp³-hybridized carbons (Fsp3) is 0.867. The average molecular weight is 395 g/mol. The van der Waals surface area contributed by atoms with E-state index in [-0.39, 0.29) is 44.8 Å². The van der Waals surface area contributed by atoms with Crippen LogP contribution in [0.1, 0.15) is 54.9 Å². The van der Waals surface area contributed by atoms with E-state index in [1.807, 2.05) is 0 Å². The first kappa shape index (κ1) is 24.2. The number of carboxylic acids is 1. The summed E-state index contributed by atoms with van der Waals surface area (Å²) in [6, 6.07) is 0. The SMILES string of the molecule is CCC(OC(C)C)(C(=O)[O-])C(=O)C(OC(C)C)OC(C)C.[Zr+]. The topological polar surface area (TPSA) is 84.9 Å². The molecule has 1 atom stereocenters. The second-order valence-corrected chi connectivity index (χ2v) is 5.70. The van der Waals surface area contributed by atoms with Gasteiger partial charge in [0.15, 0.2) is 5.60 Å². The molecular formula is C15H27O6Zr. The number of carbonyl (C=O) groups is 2. The Bertz CT molecular complexity index is 346. The van der Waals surface area contributed by atoms with Crippen molar-refractivity contribution >= 4 is 11.8 Å². The summed E-state index contributed by atoms with van der Waals surface area (Å²) in [7, 11) is 0. The van der Waals surface area contributed by atoms with Crippen LogP contribution < -0.4 is 5.11 Å². The van der Waals surface area contributed by atoms with Crippen molar-refractivity contribution in [2.24, 2.45) is 0 Å². The average Bonchev–Trinajstić information content (AvgIpc) is 2.32. The van der Waals surface area contributed by atoms with Crippen LogP contribution in [0.15, 0.2) is 0 Å². The zero-order valence-corrected chi connectivity index (χ0v) is 16.9. The molecule has 127 valence electrons. The molecule has 0 aliphatic rings. The van der Waals surface area contributed by atoms with Gasteiger partial charge in [-0.15, -0.1) is 0 Å². The first-order valence-corrected chi connectivity index (χ1v) is 7.31. The molecule has 0 aromatic heterocycles. The molecule has 0 aliphatic carbocycles. The maximum absolute atomic E-state index is 12.6. The molecule has 0 bridgehead atoms. The number of carbonyl (C=O) groups excluding carboxylic acids is 2. The minimum absolute atomic E-state index is 0. The molecule has 22 heavy (non-hydrogen) atoms. The van der Waals surface area contributed by atoms with Gasteiger partial charge >= 0.3 is 26.2 Å². The maximum atomic E-state index is 12.6. The summed E-state index contributed by atoms with van der Waals surface area (Å²) in [4.78, 5) is 24.2. The number of Topliss-reactive ketones (excluding diaryl/α,β-unsaturated/α-hetero) is 1. The first-order valence-electron chi connectivity index (χ1n) is 7.31. The standard InChI is InChI=1S/C15H28O6.Zr/c1-8-15(14(17)18,21-11(6)7)12(16)13(19-9(2)3)20-10(4)5;/h9-11,13H,8H2,1-7H3,(H,17,18);/q;+1/p-1. The van der Waals surface area contributed by atoms with Crippen molar-refractivity contribution in [3.8, 4) is 0 Å². The summed E-state index contributed by atoms with van der Waals surface area (Å²) in [5.74, 6) is -2.35. The third kappa shape index (κ3) is 6.99. The number of ether oxygens (including phenoxy) is 3. The monoisotopic (exact) mass is 393 g/mol. The zero-order chi connectivity index (χ0) is 16.8. The molecule has 1 unspecified atom stereocenters. The summed E-state index contributed by atoms with van der Waals surface area (Å²) in [6.07, 6.45) is -2.42. The fourth-order valence-corrected chi connectivity index (χ4v) is 1.85. The molecule has 0 rings (SSSR count). The molecular weight excluding hydrogens is 367 g/mol. The number of ketones is 1. The Balaban J connectivity index is 0. The third-order valence-corrected chi connectivity index (χ3v) is 2.67. The molecule has 0 aromatic rings. The number of aliphatic carboxylic acids is 1. The van der Waals surface area contributed by atoms with E-state index in [0.717, 1.165) is 0 Å². The molecule has 0 aliphatic heterocycles. The van der Waals surface area contributed by atoms with Crippen LogP contribution in [-0.2, 0) is 50.0 Å². The molecule has 0 heterocycles. The number of hydrogen-bond donors (Lipinski definition) is 0. The molecule has 1 radical (unpaired) electrons. The summed E-state index contributed by atoms with van der Waals surface area (Å²) >= 11 is 0. The number of hydrogen-bond acceptors (Lipinski definition) is 6. The zero-order valence-electron chi connectivity index (χ0n) is 14.5. The molecule has 0 saturated heterocycles. The van der Waals surface area contributed by atoms with Crippen molar-refractivity contribution < 1.29 is 55.1 Å². The van der Waals surface area contributed by atoms with Gasteiger partial charge in [-0.3, -0.25) is 4.79 Å². The van der Waals surface area contributed by atoms with Gasteiger partial charge in [0.2, 0.25) is 12.1 Å². The minimum atomic E-state index is -2.07. The van der Waals surface area contributed by atoms with E-state index in [0.29, 0.717) is 0 Å². The third-order valence-electron chi connectivity index (χ3n) is 2.67. The second kappa shape index (κ2) is 10.6. The molecule has 0 fully saturated rings. The fourth-order valence-electron chi connectivity index (χ4n) is 1.85. The Kier molecular flexibility index (Phi) is 11.7. The predicted octanol–water partition coefficient (Wildman–Crippen LogP) is 1.05. The quantitative estimate of drug-likeness (QED) is 0.407. The van der Waals surface area contributed by atoms with E-state index >= 15 is 0 Å². The van der Waals surface area contributed by atoms with Gasteiger partial charge in [0, 0.05) is 0 Å². The van der Waals surface area contributed by atoms with Gasteiger partial charge in [0.25, 0.3) is 0 Å². The first-order chi connectivity index (χ1) is 9.56. The van der Waals surface area contributed by atoms with Crippen molar-refractivity contribution in [3.63, 3.8) is 0 Å². The summed E-state index contributed by atoms with van der Waals surface area (Å²) < 4.78 is 16.2. The van der Waals surface area contributed by atoms with Gasteiger partial charge in [0.05, 0.1) is 24.3 Å². The van der Waals surface area contributed by atoms with Crippen LogP contribution >= 0.6 is 0 Å². The van der Waals surface area contributed by atoms with Crippen LogP contribution in [0.25, 0.3) is 0 Å². The maximum Gasteiger partial charge on any atom is 1.00 e. The normalized spacial score (nSPS) is 14.3. The van der Waals surface area contributed by atoms with Crippen LogP contribution in [0.3, 0.4) is 0 Å². The van der Waals surface area contributed by atoms with E-state index in [1.54, 1.807) is 48.5 Å². The van der Waals surface area contributed by atoms with Crippen molar-refractivity contribution in [2.75, 3.05) is 0 Å².